The second-order valence-corrected chi connectivity index (χ2v) is 5.69. The van der Waals surface area contributed by atoms with Crippen molar-refractivity contribution in [3.8, 4) is 0 Å². The molecule has 0 spiro atoms. The van der Waals surface area contributed by atoms with E-state index >= 15 is 0 Å². The number of piperazine rings is 1. The Morgan fingerprint density at radius 2 is 1.33 bits per heavy atom. The third-order valence-electron chi connectivity index (χ3n) is 3.86. The lowest BCUT2D eigenvalue weighted by Gasteiger charge is -2.34. The quantitative estimate of drug-likeness (QED) is 0.690. The van der Waals surface area contributed by atoms with Gasteiger partial charge in [-0.2, -0.15) is 0 Å². The Balaban J connectivity index is 0.00000200. The lowest BCUT2D eigenvalue weighted by atomic mass is 10.1. The second-order valence-electron chi connectivity index (χ2n) is 5.31. The first-order valence-corrected chi connectivity index (χ1v) is 7.96. The SMILES string of the molecule is Cl.Cl.ClCCCN1CCN(CCCc2ccccc2)CC1. The number of rotatable bonds is 7. The smallest absolute Gasteiger partial charge is 0.0235 e. The van der Waals surface area contributed by atoms with Crippen molar-refractivity contribution in [2.75, 3.05) is 45.1 Å². The first-order valence-electron chi connectivity index (χ1n) is 7.43. The predicted molar refractivity (Wildman–Crippen MR) is 97.5 cm³/mol. The van der Waals surface area contributed by atoms with Gasteiger partial charge in [0.2, 0.25) is 0 Å². The molecule has 1 heterocycles. The van der Waals surface area contributed by atoms with Crippen molar-refractivity contribution in [1.29, 1.82) is 0 Å². The summed E-state index contributed by atoms with van der Waals surface area (Å²) in [5.41, 5.74) is 1.46. The molecule has 0 radical (unpaired) electrons. The zero-order chi connectivity index (χ0) is 13.3. The van der Waals surface area contributed by atoms with Gasteiger partial charge < -0.3 is 9.80 Å². The highest BCUT2D eigenvalue weighted by atomic mass is 35.5. The van der Waals surface area contributed by atoms with Gasteiger partial charge in [-0.1, -0.05) is 30.3 Å². The summed E-state index contributed by atoms with van der Waals surface area (Å²) in [5.74, 6) is 0.789. The zero-order valence-corrected chi connectivity index (χ0v) is 14.9. The summed E-state index contributed by atoms with van der Waals surface area (Å²) in [4.78, 5) is 5.14. The molecule has 0 unspecified atom stereocenters. The Morgan fingerprint density at radius 3 is 1.86 bits per heavy atom. The van der Waals surface area contributed by atoms with Gasteiger partial charge in [0.25, 0.3) is 0 Å². The van der Waals surface area contributed by atoms with Crippen molar-refractivity contribution in [3.63, 3.8) is 0 Å². The molecule has 2 nitrogen and oxygen atoms in total. The van der Waals surface area contributed by atoms with E-state index in [4.69, 9.17) is 11.6 Å². The van der Waals surface area contributed by atoms with Gasteiger partial charge in [-0.25, -0.2) is 0 Å². The molecule has 0 bridgehead atoms. The molecule has 0 saturated carbocycles. The first kappa shape index (κ1) is 21.0. The molecule has 2 rings (SSSR count). The first-order chi connectivity index (χ1) is 9.38. The van der Waals surface area contributed by atoms with Crippen LogP contribution in [0.4, 0.5) is 0 Å². The fourth-order valence-electron chi connectivity index (χ4n) is 2.67. The van der Waals surface area contributed by atoms with Gasteiger partial charge in [0.05, 0.1) is 0 Å². The van der Waals surface area contributed by atoms with E-state index in [1.54, 1.807) is 0 Å². The Kier molecular flexibility index (Phi) is 12.5. The maximum atomic E-state index is 5.74. The maximum absolute atomic E-state index is 5.74. The molecule has 0 aliphatic carbocycles. The molecule has 1 aliphatic rings. The Labute approximate surface area is 146 Å². The molecule has 1 aliphatic heterocycles. The molecular formula is C16H27Cl3N2. The van der Waals surface area contributed by atoms with E-state index in [-0.39, 0.29) is 24.8 Å². The van der Waals surface area contributed by atoms with Crippen molar-refractivity contribution >= 4 is 36.4 Å². The summed E-state index contributed by atoms with van der Waals surface area (Å²) in [6, 6.07) is 10.8. The Morgan fingerprint density at radius 1 is 0.810 bits per heavy atom. The van der Waals surface area contributed by atoms with Crippen LogP contribution in [0.2, 0.25) is 0 Å². The molecule has 5 heteroatoms. The highest BCUT2D eigenvalue weighted by molar-refractivity contribution is 6.17. The van der Waals surface area contributed by atoms with Gasteiger partial charge >= 0.3 is 0 Å². The predicted octanol–water partition coefficient (Wildman–Crippen LogP) is 3.71. The standard InChI is InChI=1S/C16H25ClN2.2ClH/c17-9-5-11-19-14-12-18(13-15-19)10-4-8-16-6-2-1-3-7-16;;/h1-3,6-7H,4-5,8-15H2;2*1H. The molecule has 0 amide bonds. The highest BCUT2D eigenvalue weighted by Crippen LogP contribution is 2.07. The number of hydrogen-bond acceptors (Lipinski definition) is 2. The molecule has 122 valence electrons. The van der Waals surface area contributed by atoms with E-state index in [0.29, 0.717) is 0 Å². The van der Waals surface area contributed by atoms with E-state index in [0.717, 1.165) is 12.3 Å². The van der Waals surface area contributed by atoms with Crippen molar-refractivity contribution in [2.24, 2.45) is 0 Å². The molecule has 1 aromatic rings. The lowest BCUT2D eigenvalue weighted by Crippen LogP contribution is -2.46. The van der Waals surface area contributed by atoms with Crippen LogP contribution in [0.5, 0.6) is 0 Å². The summed E-state index contributed by atoms with van der Waals surface area (Å²) < 4.78 is 0. The summed E-state index contributed by atoms with van der Waals surface area (Å²) in [6.45, 7) is 7.26. The fraction of sp³-hybridized carbons (Fsp3) is 0.625. The van der Waals surface area contributed by atoms with Crippen LogP contribution in [0, 0.1) is 0 Å². The topological polar surface area (TPSA) is 6.48 Å². The third-order valence-corrected chi connectivity index (χ3v) is 4.12. The van der Waals surface area contributed by atoms with Crippen molar-refractivity contribution in [1.82, 2.24) is 9.80 Å². The maximum Gasteiger partial charge on any atom is 0.0235 e. The number of aryl methyl sites for hydroxylation is 1. The zero-order valence-electron chi connectivity index (χ0n) is 12.5. The van der Waals surface area contributed by atoms with E-state index < -0.39 is 0 Å². The average Bonchev–Trinajstić information content (AvgIpc) is 2.47. The van der Waals surface area contributed by atoms with Crippen LogP contribution in [0.15, 0.2) is 30.3 Å². The Hall–Kier alpha value is 0.01000. The van der Waals surface area contributed by atoms with Crippen LogP contribution >= 0.6 is 36.4 Å². The average molecular weight is 354 g/mol. The fourth-order valence-corrected chi connectivity index (χ4v) is 2.79. The molecule has 0 N–H and O–H groups in total. The van der Waals surface area contributed by atoms with Crippen molar-refractivity contribution < 1.29 is 0 Å². The largest absolute Gasteiger partial charge is 0.301 e. The minimum Gasteiger partial charge on any atom is -0.301 e. The molecule has 1 saturated heterocycles. The van der Waals surface area contributed by atoms with Crippen molar-refractivity contribution in [3.05, 3.63) is 35.9 Å². The minimum absolute atomic E-state index is 0. The van der Waals surface area contributed by atoms with Gasteiger partial charge in [-0.05, 0) is 37.9 Å². The Bertz CT molecular complexity index is 341. The van der Waals surface area contributed by atoms with Crippen LogP contribution in [-0.4, -0.2) is 54.9 Å². The number of nitrogens with zero attached hydrogens (tertiary/aromatic N) is 2. The van der Waals surface area contributed by atoms with E-state index in [1.165, 1.54) is 57.7 Å². The molecule has 0 aromatic heterocycles. The monoisotopic (exact) mass is 352 g/mol. The van der Waals surface area contributed by atoms with Crippen LogP contribution < -0.4 is 0 Å². The second kappa shape index (κ2) is 12.5. The highest BCUT2D eigenvalue weighted by Gasteiger charge is 2.15. The molecule has 0 atom stereocenters. The van der Waals surface area contributed by atoms with Gasteiger partial charge in [-0.15, -0.1) is 36.4 Å². The summed E-state index contributed by atoms with van der Waals surface area (Å²) >= 11 is 5.74. The number of halogens is 3. The van der Waals surface area contributed by atoms with Gasteiger partial charge in [0.15, 0.2) is 0 Å². The lowest BCUT2D eigenvalue weighted by molar-refractivity contribution is 0.132. The molecule has 1 aromatic carbocycles. The van der Waals surface area contributed by atoms with E-state index in [2.05, 4.69) is 40.1 Å². The summed E-state index contributed by atoms with van der Waals surface area (Å²) in [6.07, 6.45) is 3.59. The van der Waals surface area contributed by atoms with Gasteiger partial charge in [0, 0.05) is 32.1 Å². The van der Waals surface area contributed by atoms with Crippen molar-refractivity contribution in [2.45, 2.75) is 19.3 Å². The number of hydrogen-bond donors (Lipinski definition) is 0. The van der Waals surface area contributed by atoms with Crippen LogP contribution in [0.1, 0.15) is 18.4 Å². The summed E-state index contributed by atoms with van der Waals surface area (Å²) in [7, 11) is 0. The van der Waals surface area contributed by atoms with Crippen LogP contribution in [0.25, 0.3) is 0 Å². The van der Waals surface area contributed by atoms with Gasteiger partial charge in [0.1, 0.15) is 0 Å². The third kappa shape index (κ3) is 8.27. The van der Waals surface area contributed by atoms with E-state index in [9.17, 15) is 0 Å². The molecule has 1 fully saturated rings. The number of benzene rings is 1. The number of alkyl halides is 1. The minimum atomic E-state index is 0. The van der Waals surface area contributed by atoms with Crippen LogP contribution in [0.3, 0.4) is 0 Å². The van der Waals surface area contributed by atoms with Gasteiger partial charge in [-0.3, -0.25) is 0 Å². The van der Waals surface area contributed by atoms with Crippen LogP contribution in [-0.2, 0) is 6.42 Å². The van der Waals surface area contributed by atoms with E-state index in [1.807, 2.05) is 0 Å². The molecular weight excluding hydrogens is 327 g/mol. The summed E-state index contributed by atoms with van der Waals surface area (Å²) in [5, 5.41) is 0. The normalized spacial score (nSPS) is 16.0. The molecule has 21 heavy (non-hydrogen) atoms.